The molecule has 13 nitrogen and oxygen atoms in total. The fourth-order valence-corrected chi connectivity index (χ4v) is 7.35. The smallest absolute Gasteiger partial charge is 0.352 e. The number of nitrogens with zero attached hydrogens (tertiary/aromatic N) is 5. The number of carbonyl (C=O) groups is 3. The number of oxime groups is 1. The fraction of sp³-hybridized carbons (Fsp3) is 0.286. The number of thioether (sulfide) groups is 2. The lowest BCUT2D eigenvalue weighted by atomic mass is 10.0. The number of fused-ring (bicyclic) bond motifs is 1. The van der Waals surface area contributed by atoms with E-state index in [0.29, 0.717) is 22.4 Å². The normalized spacial score (nSPS) is 19.3. The summed E-state index contributed by atoms with van der Waals surface area (Å²) in [6.45, 7) is 1.98. The number of aliphatic carboxylic acids is 1. The Balaban J connectivity index is 1.28. The summed E-state index contributed by atoms with van der Waals surface area (Å²) >= 11 is 5.20. The number of hydrogen-bond acceptors (Lipinski definition) is 14. The second kappa shape index (κ2) is 10.8. The minimum Gasteiger partial charge on any atom is -0.477 e. The van der Waals surface area contributed by atoms with Gasteiger partial charge in [0.2, 0.25) is 0 Å². The van der Waals surface area contributed by atoms with Gasteiger partial charge in [0.1, 0.15) is 29.9 Å². The van der Waals surface area contributed by atoms with E-state index in [-0.39, 0.29) is 28.0 Å². The van der Waals surface area contributed by atoms with Gasteiger partial charge < -0.3 is 25.4 Å². The van der Waals surface area contributed by atoms with E-state index < -0.39 is 29.2 Å². The van der Waals surface area contributed by atoms with Crippen LogP contribution in [0.2, 0.25) is 0 Å². The third-order valence-corrected chi connectivity index (χ3v) is 9.33. The molecule has 3 aromatic rings. The van der Waals surface area contributed by atoms with Crippen molar-refractivity contribution in [3.8, 4) is 10.8 Å². The molecule has 5 heterocycles. The predicted octanol–water partition coefficient (Wildman–Crippen LogP) is 2.03. The van der Waals surface area contributed by atoms with Crippen molar-refractivity contribution in [1.29, 1.82) is 0 Å². The van der Waals surface area contributed by atoms with Crippen LogP contribution in [0.4, 0.5) is 5.13 Å². The van der Waals surface area contributed by atoms with E-state index in [9.17, 15) is 19.5 Å². The van der Waals surface area contributed by atoms with Crippen molar-refractivity contribution < 1.29 is 28.7 Å². The zero-order valence-electron chi connectivity index (χ0n) is 19.7. The lowest BCUT2D eigenvalue weighted by molar-refractivity contribution is -0.150. The van der Waals surface area contributed by atoms with Crippen molar-refractivity contribution in [3.05, 3.63) is 39.4 Å². The van der Waals surface area contributed by atoms with Crippen LogP contribution in [0, 0.1) is 6.92 Å². The van der Waals surface area contributed by atoms with Gasteiger partial charge in [-0.25, -0.2) is 9.78 Å². The van der Waals surface area contributed by atoms with Gasteiger partial charge in [0.25, 0.3) is 22.9 Å². The summed E-state index contributed by atoms with van der Waals surface area (Å²) in [6.07, 6.45) is 0. The maximum absolute atomic E-state index is 13.0. The summed E-state index contributed by atoms with van der Waals surface area (Å²) in [5.41, 5.74) is 6.14. The quantitative estimate of drug-likeness (QED) is 0.142. The molecule has 0 radical (unpaired) electrons. The lowest BCUT2D eigenvalue weighted by Crippen LogP contribution is -2.71. The molecule has 38 heavy (non-hydrogen) atoms. The first-order valence-electron chi connectivity index (χ1n) is 10.8. The van der Waals surface area contributed by atoms with Crippen molar-refractivity contribution >= 4 is 74.8 Å². The number of aromatic nitrogens is 3. The van der Waals surface area contributed by atoms with Crippen LogP contribution in [0.25, 0.3) is 10.8 Å². The molecule has 2 atom stereocenters. The first-order chi connectivity index (χ1) is 18.3. The van der Waals surface area contributed by atoms with Gasteiger partial charge in [-0.2, -0.15) is 0 Å². The van der Waals surface area contributed by atoms with Crippen LogP contribution in [-0.4, -0.2) is 78.7 Å². The zero-order valence-corrected chi connectivity index (χ0v) is 23.0. The number of carbonyl (C=O) groups excluding carboxylic acids is 2. The molecule has 5 rings (SSSR count). The van der Waals surface area contributed by atoms with Crippen molar-refractivity contribution in [2.45, 2.75) is 23.6 Å². The Morgan fingerprint density at radius 1 is 1.39 bits per heavy atom. The second-order valence-electron chi connectivity index (χ2n) is 7.88. The van der Waals surface area contributed by atoms with Crippen molar-refractivity contribution in [2.24, 2.45) is 5.16 Å². The highest BCUT2D eigenvalue weighted by atomic mass is 32.2. The summed E-state index contributed by atoms with van der Waals surface area (Å²) in [7, 11) is 1.28. The number of nitrogens with two attached hydrogens (primary N) is 1. The van der Waals surface area contributed by atoms with Crippen LogP contribution in [0.15, 0.2) is 43.6 Å². The summed E-state index contributed by atoms with van der Waals surface area (Å²) in [4.78, 5) is 50.0. The molecule has 0 unspecified atom stereocenters. The third kappa shape index (κ3) is 5.01. The monoisotopic (exact) mass is 593 g/mol. The maximum atomic E-state index is 13.0. The number of β-lactam (4-membered cyclic amide) rings is 1. The van der Waals surface area contributed by atoms with Gasteiger partial charge in [-0.05, 0) is 24.6 Å². The molecule has 17 heteroatoms. The molecular weight excluding hydrogens is 575 g/mol. The topological polar surface area (TPSA) is 186 Å². The average Bonchev–Trinajstić information content (AvgIpc) is 3.64. The molecule has 0 aromatic carbocycles. The number of nitrogens with one attached hydrogen (secondary N) is 1. The second-order valence-corrected chi connectivity index (χ2v) is 12.1. The van der Waals surface area contributed by atoms with Gasteiger partial charge in [-0.15, -0.1) is 44.6 Å². The number of hydrogen-bond donors (Lipinski definition) is 3. The Morgan fingerprint density at radius 2 is 2.21 bits per heavy atom. The van der Waals surface area contributed by atoms with E-state index in [1.165, 1.54) is 46.9 Å². The summed E-state index contributed by atoms with van der Waals surface area (Å²) in [6, 6.07) is 2.91. The molecule has 3 aromatic heterocycles. The van der Waals surface area contributed by atoms with Crippen LogP contribution in [0.5, 0.6) is 0 Å². The number of aryl methyl sites for hydroxylation is 1. The SMILES string of the molecule is CON=C(C(=O)N[C@@H]1C(=O)N2C(C(=O)O)=C(CSc3nnc(-c4ccc(C)s4)o3)CS[C@@H]12)c1csc(N)n1. The van der Waals surface area contributed by atoms with Gasteiger partial charge in [0, 0.05) is 21.8 Å². The average molecular weight is 594 g/mol. The summed E-state index contributed by atoms with van der Waals surface area (Å²) < 4.78 is 5.71. The van der Waals surface area contributed by atoms with Crippen molar-refractivity contribution in [3.63, 3.8) is 0 Å². The van der Waals surface area contributed by atoms with Crippen LogP contribution < -0.4 is 11.1 Å². The number of amides is 2. The van der Waals surface area contributed by atoms with E-state index in [4.69, 9.17) is 15.0 Å². The standard InChI is InChI=1S/C21H19N7O6S4/c1-8-3-4-11(38-8)16-25-26-21(34-16)37-6-9-5-35-18-13(17(30)28(18)14(9)19(31)32)24-15(29)12(27-33-2)10-7-36-20(22)23-10/h3-4,7,13,18H,5-6H2,1-2H3,(H2,22,23)(H,24,29)(H,31,32)/t13-,18+/m1/s1. The van der Waals surface area contributed by atoms with E-state index in [0.717, 1.165) is 21.1 Å². The molecule has 0 bridgehead atoms. The van der Waals surface area contributed by atoms with Gasteiger partial charge in [-0.3, -0.25) is 14.5 Å². The largest absolute Gasteiger partial charge is 0.477 e. The Bertz CT molecular complexity index is 1480. The number of anilines is 1. The molecule has 2 aliphatic rings. The minimum absolute atomic E-state index is 0.108. The highest BCUT2D eigenvalue weighted by Crippen LogP contribution is 2.41. The van der Waals surface area contributed by atoms with Crippen LogP contribution in [0.3, 0.4) is 0 Å². The fourth-order valence-electron chi connectivity index (χ4n) is 3.76. The van der Waals surface area contributed by atoms with Gasteiger partial charge in [0.05, 0.1) is 4.88 Å². The molecule has 1 fully saturated rings. The van der Waals surface area contributed by atoms with Crippen LogP contribution in [-0.2, 0) is 19.2 Å². The third-order valence-electron chi connectivity index (χ3n) is 5.43. The van der Waals surface area contributed by atoms with Gasteiger partial charge >= 0.3 is 5.97 Å². The molecule has 0 aliphatic carbocycles. The highest BCUT2D eigenvalue weighted by molar-refractivity contribution is 8.01. The first kappa shape index (κ1) is 26.2. The van der Waals surface area contributed by atoms with Crippen molar-refractivity contribution in [1.82, 2.24) is 25.4 Å². The van der Waals surface area contributed by atoms with E-state index in [1.54, 1.807) is 5.38 Å². The van der Waals surface area contributed by atoms with Crippen molar-refractivity contribution in [2.75, 3.05) is 24.3 Å². The molecule has 0 saturated carbocycles. The molecule has 1 saturated heterocycles. The summed E-state index contributed by atoms with van der Waals surface area (Å²) in [5.74, 6) is -1.50. The highest BCUT2D eigenvalue weighted by Gasteiger charge is 2.54. The van der Waals surface area contributed by atoms with E-state index in [1.807, 2.05) is 19.1 Å². The number of carboxylic acid groups (broad SMARTS) is 1. The molecule has 2 amide bonds. The Morgan fingerprint density at radius 3 is 2.87 bits per heavy atom. The molecule has 2 aliphatic heterocycles. The Hall–Kier alpha value is -3.41. The molecule has 0 spiro atoms. The molecule has 4 N–H and O–H groups in total. The molecule has 198 valence electrons. The number of carboxylic acids is 1. The first-order valence-corrected chi connectivity index (χ1v) is 14.6. The van der Waals surface area contributed by atoms with Crippen LogP contribution in [0.1, 0.15) is 10.6 Å². The zero-order chi connectivity index (χ0) is 27.0. The number of rotatable bonds is 9. The number of thiophene rings is 1. The number of thiazole rings is 1. The molecular formula is C21H19N7O6S4. The number of nitrogen functional groups attached to an aromatic ring is 1. The van der Waals surface area contributed by atoms with Gasteiger partial charge in [0.15, 0.2) is 10.8 Å². The predicted molar refractivity (Wildman–Crippen MR) is 143 cm³/mol. The van der Waals surface area contributed by atoms with Gasteiger partial charge in [-0.1, -0.05) is 16.9 Å². The maximum Gasteiger partial charge on any atom is 0.352 e. The van der Waals surface area contributed by atoms with Crippen LogP contribution >= 0.6 is 46.2 Å². The van der Waals surface area contributed by atoms with E-state index >= 15 is 0 Å². The Kier molecular flexibility index (Phi) is 7.42. The van der Waals surface area contributed by atoms with E-state index in [2.05, 4.69) is 25.7 Å². The minimum atomic E-state index is -1.23. The Labute approximate surface area is 231 Å². The lowest BCUT2D eigenvalue weighted by Gasteiger charge is -2.49. The summed E-state index contributed by atoms with van der Waals surface area (Å²) in [5, 5.41) is 25.8.